The van der Waals surface area contributed by atoms with Gasteiger partial charge in [0.2, 0.25) is 0 Å². The second-order valence-corrected chi connectivity index (χ2v) is 6.86. The van der Waals surface area contributed by atoms with Crippen LogP contribution < -0.4 is 16.0 Å². The van der Waals surface area contributed by atoms with Gasteiger partial charge in [-0.05, 0) is 53.3 Å². The zero-order valence-electron chi connectivity index (χ0n) is 13.6. The highest BCUT2D eigenvalue weighted by Crippen LogP contribution is 2.30. The number of rotatable bonds is 3. The molecule has 1 saturated heterocycles. The predicted octanol–water partition coefficient (Wildman–Crippen LogP) is 3.04. The van der Waals surface area contributed by atoms with Crippen LogP contribution in [0.1, 0.15) is 10.4 Å². The third-order valence-corrected chi connectivity index (χ3v) is 4.92. The van der Waals surface area contributed by atoms with Crippen molar-refractivity contribution < 1.29 is 4.79 Å². The Morgan fingerprint density at radius 3 is 2.54 bits per heavy atom. The van der Waals surface area contributed by atoms with E-state index in [2.05, 4.69) is 38.1 Å². The molecule has 0 bridgehead atoms. The summed E-state index contributed by atoms with van der Waals surface area (Å²) in [5, 5.41) is 3.01. The molecule has 3 N–H and O–H groups in total. The van der Waals surface area contributed by atoms with Gasteiger partial charge in [0.15, 0.2) is 0 Å². The summed E-state index contributed by atoms with van der Waals surface area (Å²) < 4.78 is 0.771. The van der Waals surface area contributed by atoms with Crippen LogP contribution in [-0.4, -0.2) is 44.0 Å². The molecule has 2 aromatic carbocycles. The molecule has 6 heteroatoms. The molecule has 24 heavy (non-hydrogen) atoms. The number of likely N-dealkylation sites (N-methyl/N-ethyl adjacent to an activating group) is 1. The fourth-order valence-electron chi connectivity index (χ4n) is 2.81. The first kappa shape index (κ1) is 16.8. The molecule has 1 amide bonds. The molecule has 2 aromatic rings. The highest BCUT2D eigenvalue weighted by Gasteiger charge is 2.19. The third kappa shape index (κ3) is 3.71. The van der Waals surface area contributed by atoms with Gasteiger partial charge in [0, 0.05) is 36.3 Å². The van der Waals surface area contributed by atoms with E-state index in [0.717, 1.165) is 42.0 Å². The molecule has 0 saturated carbocycles. The smallest absolute Gasteiger partial charge is 0.256 e. The number of hydrogen-bond donors (Lipinski definition) is 2. The van der Waals surface area contributed by atoms with E-state index in [4.69, 9.17) is 5.73 Å². The van der Waals surface area contributed by atoms with Crippen molar-refractivity contribution >= 4 is 38.9 Å². The summed E-state index contributed by atoms with van der Waals surface area (Å²) in [5.74, 6) is -0.150. The molecule has 5 nitrogen and oxygen atoms in total. The van der Waals surface area contributed by atoms with Gasteiger partial charge in [0.1, 0.15) is 0 Å². The summed E-state index contributed by atoms with van der Waals surface area (Å²) >= 11 is 3.42. The number of benzene rings is 2. The van der Waals surface area contributed by atoms with Gasteiger partial charge < -0.3 is 20.9 Å². The number of nitrogens with zero attached hydrogens (tertiary/aromatic N) is 2. The first-order valence-electron chi connectivity index (χ1n) is 7.93. The Morgan fingerprint density at radius 1 is 1.12 bits per heavy atom. The first-order valence-corrected chi connectivity index (χ1v) is 8.73. The lowest BCUT2D eigenvalue weighted by molar-refractivity contribution is 0.102. The average molecular weight is 389 g/mol. The van der Waals surface area contributed by atoms with E-state index in [9.17, 15) is 4.79 Å². The van der Waals surface area contributed by atoms with Crippen LogP contribution >= 0.6 is 15.9 Å². The number of nitrogen functional groups attached to an aromatic ring is 1. The van der Waals surface area contributed by atoms with E-state index >= 15 is 0 Å². The summed E-state index contributed by atoms with van der Waals surface area (Å²) in [6, 6.07) is 13.1. The average Bonchev–Trinajstić information content (AvgIpc) is 2.56. The van der Waals surface area contributed by atoms with Gasteiger partial charge in [-0.3, -0.25) is 4.79 Å². The Kier molecular flexibility index (Phi) is 5.06. The Morgan fingerprint density at radius 2 is 1.83 bits per heavy atom. The Labute approximate surface area is 150 Å². The Hall–Kier alpha value is -2.05. The molecule has 0 unspecified atom stereocenters. The third-order valence-electron chi connectivity index (χ3n) is 4.23. The highest BCUT2D eigenvalue weighted by molar-refractivity contribution is 9.10. The lowest BCUT2D eigenvalue weighted by atomic mass is 10.1. The minimum Gasteiger partial charge on any atom is -0.399 e. The maximum atomic E-state index is 12.6. The van der Waals surface area contributed by atoms with Gasteiger partial charge in [0.05, 0.1) is 16.9 Å². The normalized spacial score (nSPS) is 15.3. The molecule has 1 aliphatic rings. The minimum atomic E-state index is -0.150. The Bertz CT molecular complexity index is 742. The monoisotopic (exact) mass is 388 g/mol. The summed E-state index contributed by atoms with van der Waals surface area (Å²) in [4.78, 5) is 17.2. The summed E-state index contributed by atoms with van der Waals surface area (Å²) in [7, 11) is 2.12. The number of nitrogens with two attached hydrogens (primary N) is 1. The fraction of sp³-hybridized carbons (Fsp3) is 0.278. The summed E-state index contributed by atoms with van der Waals surface area (Å²) in [6.45, 7) is 3.86. The molecule has 126 valence electrons. The Balaban J connectivity index is 1.86. The SMILES string of the molecule is CN1CCN(c2ccc(N)cc2NC(=O)c2ccccc2Br)CC1. The largest absolute Gasteiger partial charge is 0.399 e. The summed E-state index contributed by atoms with van der Waals surface area (Å²) in [5.41, 5.74) is 8.93. The predicted molar refractivity (Wildman–Crippen MR) is 103 cm³/mol. The van der Waals surface area contributed by atoms with Gasteiger partial charge in [-0.1, -0.05) is 12.1 Å². The van der Waals surface area contributed by atoms with Crippen LogP contribution in [0.5, 0.6) is 0 Å². The standard InChI is InChI=1S/C18H21BrN4O/c1-22-8-10-23(11-9-22)17-7-6-13(20)12-16(17)21-18(24)14-4-2-3-5-15(14)19/h2-7,12H,8-11,20H2,1H3,(H,21,24). The van der Waals surface area contributed by atoms with E-state index in [0.29, 0.717) is 11.3 Å². The number of nitrogens with one attached hydrogen (secondary N) is 1. The fourth-order valence-corrected chi connectivity index (χ4v) is 3.28. The molecule has 3 rings (SSSR count). The maximum Gasteiger partial charge on any atom is 0.256 e. The molecule has 1 fully saturated rings. The van der Waals surface area contributed by atoms with Gasteiger partial charge in [0.25, 0.3) is 5.91 Å². The van der Waals surface area contributed by atoms with Crippen molar-refractivity contribution in [3.8, 4) is 0 Å². The number of piperazine rings is 1. The van der Waals surface area contributed by atoms with Crippen molar-refractivity contribution in [1.82, 2.24) is 4.90 Å². The van der Waals surface area contributed by atoms with Crippen molar-refractivity contribution in [3.05, 3.63) is 52.5 Å². The van der Waals surface area contributed by atoms with Crippen LogP contribution in [-0.2, 0) is 0 Å². The van der Waals surface area contributed by atoms with Crippen molar-refractivity contribution in [2.45, 2.75) is 0 Å². The quantitative estimate of drug-likeness (QED) is 0.793. The van der Waals surface area contributed by atoms with Crippen LogP contribution in [0.4, 0.5) is 17.1 Å². The molecular weight excluding hydrogens is 368 g/mol. The van der Waals surface area contributed by atoms with Crippen LogP contribution in [0.3, 0.4) is 0 Å². The van der Waals surface area contributed by atoms with E-state index in [1.54, 1.807) is 6.07 Å². The van der Waals surface area contributed by atoms with E-state index < -0.39 is 0 Å². The van der Waals surface area contributed by atoms with Gasteiger partial charge >= 0.3 is 0 Å². The highest BCUT2D eigenvalue weighted by atomic mass is 79.9. The van der Waals surface area contributed by atoms with Crippen LogP contribution in [0.2, 0.25) is 0 Å². The van der Waals surface area contributed by atoms with E-state index in [1.807, 2.05) is 36.4 Å². The zero-order valence-corrected chi connectivity index (χ0v) is 15.2. The van der Waals surface area contributed by atoms with Crippen molar-refractivity contribution in [1.29, 1.82) is 0 Å². The molecule has 0 radical (unpaired) electrons. The maximum absolute atomic E-state index is 12.6. The topological polar surface area (TPSA) is 61.6 Å². The van der Waals surface area contributed by atoms with Crippen LogP contribution in [0.15, 0.2) is 46.9 Å². The molecule has 1 heterocycles. The van der Waals surface area contributed by atoms with Crippen molar-refractivity contribution in [2.75, 3.05) is 49.2 Å². The minimum absolute atomic E-state index is 0.150. The van der Waals surface area contributed by atoms with Crippen LogP contribution in [0.25, 0.3) is 0 Å². The lowest BCUT2D eigenvalue weighted by Gasteiger charge is -2.35. The molecule has 0 aromatic heterocycles. The second kappa shape index (κ2) is 7.23. The van der Waals surface area contributed by atoms with Crippen molar-refractivity contribution in [2.24, 2.45) is 0 Å². The molecule has 0 spiro atoms. The van der Waals surface area contributed by atoms with Gasteiger partial charge in [-0.2, -0.15) is 0 Å². The number of amides is 1. The number of carbonyl (C=O) groups is 1. The first-order chi connectivity index (χ1) is 11.5. The molecule has 0 aliphatic carbocycles. The summed E-state index contributed by atoms with van der Waals surface area (Å²) in [6.07, 6.45) is 0. The number of halogens is 1. The number of hydrogen-bond acceptors (Lipinski definition) is 4. The lowest BCUT2D eigenvalue weighted by Crippen LogP contribution is -2.44. The van der Waals surface area contributed by atoms with E-state index in [-0.39, 0.29) is 5.91 Å². The van der Waals surface area contributed by atoms with Gasteiger partial charge in [-0.25, -0.2) is 0 Å². The van der Waals surface area contributed by atoms with Crippen molar-refractivity contribution in [3.63, 3.8) is 0 Å². The van der Waals surface area contributed by atoms with Gasteiger partial charge in [-0.15, -0.1) is 0 Å². The van der Waals surface area contributed by atoms with E-state index in [1.165, 1.54) is 0 Å². The second-order valence-electron chi connectivity index (χ2n) is 6.00. The molecule has 0 atom stereocenters. The molecule has 1 aliphatic heterocycles. The van der Waals surface area contributed by atoms with Crippen LogP contribution in [0, 0.1) is 0 Å². The number of carbonyl (C=O) groups excluding carboxylic acids is 1. The number of anilines is 3. The zero-order chi connectivity index (χ0) is 17.1. The molecular formula is C18H21BrN4O.